The molecule has 5 N–H and O–H groups in total. The highest BCUT2D eigenvalue weighted by Gasteiger charge is 2.21. The summed E-state index contributed by atoms with van der Waals surface area (Å²) in [5, 5.41) is 7.20. The van der Waals surface area contributed by atoms with E-state index in [2.05, 4.69) is 10.4 Å². The highest BCUT2D eigenvalue weighted by Crippen LogP contribution is 2.20. The molecule has 1 saturated heterocycles. The molecule has 2 heterocycles. The lowest BCUT2D eigenvalue weighted by molar-refractivity contribution is 0.322. The van der Waals surface area contributed by atoms with Gasteiger partial charge < -0.3 is 16.8 Å². The summed E-state index contributed by atoms with van der Waals surface area (Å²) in [6, 6.07) is 0.396. The van der Waals surface area contributed by atoms with Gasteiger partial charge in [-0.1, -0.05) is 0 Å². The second-order valence-electron chi connectivity index (χ2n) is 2.74. The Hall–Kier alpha value is -1.23. The zero-order valence-electron chi connectivity index (χ0n) is 6.12. The molecule has 5 heteroatoms. The van der Waals surface area contributed by atoms with Crippen LogP contribution in [0.4, 0.5) is 11.5 Å². The van der Waals surface area contributed by atoms with Crippen LogP contribution in [0, 0.1) is 0 Å². The fourth-order valence-corrected chi connectivity index (χ4v) is 1.12. The highest BCUT2D eigenvalue weighted by atomic mass is 15.4. The number of nitrogens with two attached hydrogens (primary N) is 2. The van der Waals surface area contributed by atoms with E-state index in [-0.39, 0.29) is 0 Å². The topological polar surface area (TPSA) is 81.9 Å². The van der Waals surface area contributed by atoms with E-state index in [4.69, 9.17) is 11.5 Å². The van der Waals surface area contributed by atoms with Crippen LogP contribution in [0.2, 0.25) is 0 Å². The summed E-state index contributed by atoms with van der Waals surface area (Å²) in [5.74, 6) is 0.580. The van der Waals surface area contributed by atoms with Crippen molar-refractivity contribution >= 4 is 11.5 Å². The number of nitrogens with one attached hydrogen (secondary N) is 1. The average molecular weight is 153 g/mol. The summed E-state index contributed by atoms with van der Waals surface area (Å²) in [7, 11) is 0. The Morgan fingerprint density at radius 3 is 2.64 bits per heavy atom. The first-order chi connectivity index (χ1) is 5.29. The number of nitrogen functional groups attached to an aromatic ring is 2. The Bertz CT molecular complexity index is 262. The maximum atomic E-state index is 5.66. The van der Waals surface area contributed by atoms with Crippen molar-refractivity contribution in [2.75, 3.05) is 24.6 Å². The van der Waals surface area contributed by atoms with Gasteiger partial charge in [-0.2, -0.15) is 5.10 Å². The molecule has 0 bridgehead atoms. The molecule has 0 unspecified atom stereocenters. The molecule has 1 aliphatic rings. The van der Waals surface area contributed by atoms with Crippen molar-refractivity contribution in [1.82, 2.24) is 15.1 Å². The van der Waals surface area contributed by atoms with Crippen LogP contribution < -0.4 is 16.8 Å². The third-order valence-corrected chi connectivity index (χ3v) is 1.97. The van der Waals surface area contributed by atoms with Crippen molar-refractivity contribution in [3.8, 4) is 0 Å². The van der Waals surface area contributed by atoms with Gasteiger partial charge in [-0.05, 0) is 0 Å². The summed E-state index contributed by atoms with van der Waals surface area (Å²) in [6.45, 7) is 1.87. The van der Waals surface area contributed by atoms with Crippen LogP contribution >= 0.6 is 0 Å². The molecule has 0 amide bonds. The average Bonchev–Trinajstić information content (AvgIpc) is 2.15. The molecule has 0 spiro atoms. The Balaban J connectivity index is 2.29. The Morgan fingerprint density at radius 1 is 1.55 bits per heavy atom. The number of nitrogens with zero attached hydrogens (tertiary/aromatic N) is 2. The van der Waals surface area contributed by atoms with Crippen molar-refractivity contribution in [2.24, 2.45) is 0 Å². The summed E-state index contributed by atoms with van der Waals surface area (Å²) in [6.07, 6.45) is 1.59. The molecular weight excluding hydrogens is 142 g/mol. The lowest BCUT2D eigenvalue weighted by Crippen LogP contribution is -2.44. The Morgan fingerprint density at radius 2 is 2.27 bits per heavy atom. The van der Waals surface area contributed by atoms with Gasteiger partial charge in [0.2, 0.25) is 0 Å². The van der Waals surface area contributed by atoms with E-state index in [1.54, 1.807) is 10.9 Å². The molecule has 0 aromatic carbocycles. The monoisotopic (exact) mass is 153 g/mol. The predicted octanol–water partition coefficient (Wildman–Crippen LogP) is -0.808. The van der Waals surface area contributed by atoms with E-state index in [0.29, 0.717) is 17.5 Å². The maximum Gasteiger partial charge on any atom is 0.145 e. The van der Waals surface area contributed by atoms with E-state index in [1.807, 2.05) is 0 Å². The first-order valence-corrected chi connectivity index (χ1v) is 3.58. The van der Waals surface area contributed by atoms with Gasteiger partial charge in [0.05, 0.1) is 17.9 Å². The van der Waals surface area contributed by atoms with Gasteiger partial charge in [0.15, 0.2) is 0 Å². The molecule has 2 rings (SSSR count). The molecule has 11 heavy (non-hydrogen) atoms. The molecule has 1 aromatic rings. The van der Waals surface area contributed by atoms with Crippen LogP contribution in [0.1, 0.15) is 6.04 Å². The minimum atomic E-state index is 0.396. The van der Waals surface area contributed by atoms with Gasteiger partial charge in [-0.3, -0.25) is 0 Å². The number of hydrogen-bond acceptors (Lipinski definition) is 4. The minimum Gasteiger partial charge on any atom is -0.394 e. The van der Waals surface area contributed by atoms with Crippen LogP contribution in [-0.4, -0.2) is 22.9 Å². The molecule has 1 aliphatic heterocycles. The second kappa shape index (κ2) is 2.13. The first-order valence-electron chi connectivity index (χ1n) is 3.58. The van der Waals surface area contributed by atoms with E-state index in [9.17, 15) is 0 Å². The Labute approximate surface area is 64.4 Å². The molecule has 5 nitrogen and oxygen atoms in total. The zero-order valence-corrected chi connectivity index (χ0v) is 6.12. The van der Waals surface area contributed by atoms with Crippen molar-refractivity contribution in [3.05, 3.63) is 6.20 Å². The zero-order chi connectivity index (χ0) is 7.84. The molecular formula is C6H11N5. The summed E-state index contributed by atoms with van der Waals surface area (Å²) < 4.78 is 1.77. The lowest BCUT2D eigenvalue weighted by atomic mass is 10.2. The number of hydrogen-bond donors (Lipinski definition) is 3. The third kappa shape index (κ3) is 0.848. The first kappa shape index (κ1) is 6.48. The van der Waals surface area contributed by atoms with E-state index < -0.39 is 0 Å². The number of anilines is 2. The van der Waals surface area contributed by atoms with Crippen molar-refractivity contribution in [2.45, 2.75) is 6.04 Å². The minimum absolute atomic E-state index is 0.396. The quantitative estimate of drug-likeness (QED) is 0.493. The highest BCUT2D eigenvalue weighted by molar-refractivity contribution is 5.57. The molecule has 0 saturated carbocycles. The van der Waals surface area contributed by atoms with Crippen LogP contribution in [0.5, 0.6) is 0 Å². The standard InChI is InChI=1S/C6H11N5/c7-5-3-10-11(6(5)8)4-1-9-2-4/h3-4,9H,1-2,7-8H2. The fraction of sp³-hybridized carbons (Fsp3) is 0.500. The van der Waals surface area contributed by atoms with E-state index >= 15 is 0 Å². The van der Waals surface area contributed by atoms with Crippen LogP contribution in [-0.2, 0) is 0 Å². The Kier molecular flexibility index (Phi) is 1.25. The maximum absolute atomic E-state index is 5.66. The smallest absolute Gasteiger partial charge is 0.145 e. The van der Waals surface area contributed by atoms with Crippen LogP contribution in [0.3, 0.4) is 0 Å². The van der Waals surface area contributed by atoms with Gasteiger partial charge in [-0.25, -0.2) is 4.68 Å². The van der Waals surface area contributed by atoms with Gasteiger partial charge in [0, 0.05) is 13.1 Å². The molecule has 60 valence electrons. The summed E-state index contributed by atoms with van der Waals surface area (Å²) in [4.78, 5) is 0. The fourth-order valence-electron chi connectivity index (χ4n) is 1.12. The van der Waals surface area contributed by atoms with E-state index in [1.165, 1.54) is 0 Å². The predicted molar refractivity (Wildman–Crippen MR) is 43.0 cm³/mol. The van der Waals surface area contributed by atoms with Crippen LogP contribution in [0.25, 0.3) is 0 Å². The molecule has 0 radical (unpaired) electrons. The normalized spacial score (nSPS) is 18.2. The number of rotatable bonds is 1. The number of aromatic nitrogens is 2. The van der Waals surface area contributed by atoms with Crippen molar-refractivity contribution in [1.29, 1.82) is 0 Å². The second-order valence-corrected chi connectivity index (χ2v) is 2.74. The molecule has 1 aromatic heterocycles. The van der Waals surface area contributed by atoms with Gasteiger partial charge in [-0.15, -0.1) is 0 Å². The summed E-state index contributed by atoms with van der Waals surface area (Å²) in [5.41, 5.74) is 11.8. The molecule has 1 fully saturated rings. The summed E-state index contributed by atoms with van der Waals surface area (Å²) >= 11 is 0. The van der Waals surface area contributed by atoms with Crippen molar-refractivity contribution < 1.29 is 0 Å². The van der Waals surface area contributed by atoms with E-state index in [0.717, 1.165) is 13.1 Å². The molecule has 0 aliphatic carbocycles. The van der Waals surface area contributed by atoms with Gasteiger partial charge in [0.1, 0.15) is 5.82 Å². The van der Waals surface area contributed by atoms with Gasteiger partial charge in [0.25, 0.3) is 0 Å². The van der Waals surface area contributed by atoms with Crippen LogP contribution in [0.15, 0.2) is 6.20 Å². The lowest BCUT2D eigenvalue weighted by Gasteiger charge is -2.27. The third-order valence-electron chi connectivity index (χ3n) is 1.97. The van der Waals surface area contributed by atoms with Gasteiger partial charge >= 0.3 is 0 Å². The largest absolute Gasteiger partial charge is 0.394 e. The van der Waals surface area contributed by atoms with Crippen molar-refractivity contribution in [3.63, 3.8) is 0 Å². The molecule has 0 atom stereocenters. The SMILES string of the molecule is Nc1cnn(C2CNC2)c1N.